The molecule has 0 aliphatic carbocycles. The van der Waals surface area contributed by atoms with Gasteiger partial charge in [0.25, 0.3) is 0 Å². The van der Waals surface area contributed by atoms with Gasteiger partial charge in [0.05, 0.1) is 12.9 Å². The zero-order valence-corrected chi connectivity index (χ0v) is 9.30. The number of unbranched alkanes of at least 4 members (excludes halogenated alkanes) is 2. The SMILES string of the molecule is COC(CCCCCC(=O)O)=C(C)C. The van der Waals surface area contributed by atoms with Crippen molar-refractivity contribution in [3.8, 4) is 0 Å². The standard InChI is InChI=1S/C11H20O3/c1-9(2)10(14-3)7-5-4-6-8-11(12)13/h4-8H2,1-3H3,(H,12,13). The predicted molar refractivity (Wildman–Crippen MR) is 56.1 cm³/mol. The number of carboxylic acid groups (broad SMARTS) is 1. The zero-order valence-electron chi connectivity index (χ0n) is 9.30. The fourth-order valence-electron chi connectivity index (χ4n) is 1.29. The van der Waals surface area contributed by atoms with Crippen LogP contribution in [0.15, 0.2) is 11.3 Å². The number of hydrogen-bond acceptors (Lipinski definition) is 2. The molecule has 0 saturated heterocycles. The van der Waals surface area contributed by atoms with Gasteiger partial charge in [-0.1, -0.05) is 6.42 Å². The smallest absolute Gasteiger partial charge is 0.303 e. The predicted octanol–water partition coefficient (Wildman–Crippen LogP) is 2.96. The quantitative estimate of drug-likeness (QED) is 0.507. The second-order valence-electron chi connectivity index (χ2n) is 3.58. The van der Waals surface area contributed by atoms with Gasteiger partial charge >= 0.3 is 5.97 Å². The number of rotatable bonds is 7. The van der Waals surface area contributed by atoms with Gasteiger partial charge in [0.2, 0.25) is 0 Å². The van der Waals surface area contributed by atoms with E-state index in [1.54, 1.807) is 7.11 Å². The molecule has 0 unspecified atom stereocenters. The fourth-order valence-corrected chi connectivity index (χ4v) is 1.29. The first-order valence-corrected chi connectivity index (χ1v) is 5.00. The molecule has 0 amide bonds. The highest BCUT2D eigenvalue weighted by molar-refractivity contribution is 5.66. The summed E-state index contributed by atoms with van der Waals surface area (Å²) in [7, 11) is 1.68. The molecule has 82 valence electrons. The summed E-state index contributed by atoms with van der Waals surface area (Å²) in [6.07, 6.45) is 3.90. The van der Waals surface area contributed by atoms with Gasteiger partial charge in [0.15, 0.2) is 0 Å². The number of allylic oxidation sites excluding steroid dienone is 2. The van der Waals surface area contributed by atoms with Gasteiger partial charge in [-0.3, -0.25) is 4.79 Å². The molecule has 0 aromatic carbocycles. The molecule has 0 rings (SSSR count). The van der Waals surface area contributed by atoms with Crippen molar-refractivity contribution in [2.75, 3.05) is 7.11 Å². The second kappa shape index (κ2) is 7.42. The first-order valence-electron chi connectivity index (χ1n) is 5.00. The Morgan fingerprint density at radius 1 is 1.14 bits per heavy atom. The number of carboxylic acids is 1. The Hall–Kier alpha value is -0.990. The van der Waals surface area contributed by atoms with Crippen LogP contribution in [0.2, 0.25) is 0 Å². The molecule has 0 spiro atoms. The number of ether oxygens (including phenoxy) is 1. The van der Waals surface area contributed by atoms with Crippen LogP contribution in [0.3, 0.4) is 0 Å². The van der Waals surface area contributed by atoms with E-state index >= 15 is 0 Å². The van der Waals surface area contributed by atoms with Crippen LogP contribution in [0.1, 0.15) is 46.0 Å². The molecule has 3 nitrogen and oxygen atoms in total. The van der Waals surface area contributed by atoms with Crippen molar-refractivity contribution >= 4 is 5.97 Å². The minimum absolute atomic E-state index is 0.275. The molecule has 0 heterocycles. The van der Waals surface area contributed by atoms with Gasteiger partial charge in [-0.25, -0.2) is 0 Å². The molecule has 0 atom stereocenters. The molecule has 0 aliphatic heterocycles. The molecule has 0 bridgehead atoms. The molecular weight excluding hydrogens is 180 g/mol. The lowest BCUT2D eigenvalue weighted by atomic mass is 10.1. The Kier molecular flexibility index (Phi) is 6.89. The van der Waals surface area contributed by atoms with Crippen LogP contribution in [0.25, 0.3) is 0 Å². The molecule has 0 fully saturated rings. The average molecular weight is 200 g/mol. The summed E-state index contributed by atoms with van der Waals surface area (Å²) >= 11 is 0. The number of methoxy groups -OCH3 is 1. The molecule has 3 heteroatoms. The normalized spacial score (nSPS) is 9.64. The molecule has 0 radical (unpaired) electrons. The summed E-state index contributed by atoms with van der Waals surface area (Å²) in [4.78, 5) is 10.2. The Balaban J connectivity index is 3.53. The highest BCUT2D eigenvalue weighted by Gasteiger charge is 2.00. The molecule has 14 heavy (non-hydrogen) atoms. The Morgan fingerprint density at radius 3 is 2.14 bits per heavy atom. The summed E-state index contributed by atoms with van der Waals surface area (Å²) < 4.78 is 5.20. The van der Waals surface area contributed by atoms with Crippen LogP contribution < -0.4 is 0 Å². The zero-order chi connectivity index (χ0) is 11.0. The van der Waals surface area contributed by atoms with Crippen molar-refractivity contribution in [1.29, 1.82) is 0 Å². The molecule has 0 aromatic heterocycles. The molecule has 1 N–H and O–H groups in total. The van der Waals surface area contributed by atoms with Crippen LogP contribution in [0.5, 0.6) is 0 Å². The van der Waals surface area contributed by atoms with Crippen LogP contribution in [0.4, 0.5) is 0 Å². The summed E-state index contributed by atoms with van der Waals surface area (Å²) in [5, 5.41) is 8.42. The third kappa shape index (κ3) is 6.52. The highest BCUT2D eigenvalue weighted by Crippen LogP contribution is 2.14. The van der Waals surface area contributed by atoms with E-state index in [0.717, 1.165) is 31.4 Å². The molecular formula is C11H20O3. The number of aliphatic carboxylic acids is 1. The first-order chi connectivity index (χ1) is 6.57. The Bertz CT molecular complexity index is 203. The maximum atomic E-state index is 10.2. The van der Waals surface area contributed by atoms with Crippen molar-refractivity contribution in [3.05, 3.63) is 11.3 Å². The van der Waals surface area contributed by atoms with Crippen LogP contribution >= 0.6 is 0 Å². The number of hydrogen-bond donors (Lipinski definition) is 1. The van der Waals surface area contributed by atoms with E-state index in [1.807, 2.05) is 13.8 Å². The topological polar surface area (TPSA) is 46.5 Å². The van der Waals surface area contributed by atoms with E-state index in [4.69, 9.17) is 9.84 Å². The van der Waals surface area contributed by atoms with E-state index in [0.29, 0.717) is 0 Å². The van der Waals surface area contributed by atoms with Crippen molar-refractivity contribution in [2.45, 2.75) is 46.0 Å². The van der Waals surface area contributed by atoms with E-state index in [2.05, 4.69) is 0 Å². The average Bonchev–Trinajstić information content (AvgIpc) is 2.10. The summed E-state index contributed by atoms with van der Waals surface area (Å²) in [5.74, 6) is 0.319. The van der Waals surface area contributed by atoms with Crippen LogP contribution in [0, 0.1) is 0 Å². The minimum atomic E-state index is -0.709. The third-order valence-corrected chi connectivity index (χ3v) is 2.10. The third-order valence-electron chi connectivity index (χ3n) is 2.10. The van der Waals surface area contributed by atoms with Gasteiger partial charge < -0.3 is 9.84 Å². The Labute approximate surface area is 85.8 Å². The van der Waals surface area contributed by atoms with Crippen molar-refractivity contribution in [2.24, 2.45) is 0 Å². The summed E-state index contributed by atoms with van der Waals surface area (Å²) in [6, 6.07) is 0. The first kappa shape index (κ1) is 13.0. The molecule has 0 aliphatic rings. The van der Waals surface area contributed by atoms with E-state index in [-0.39, 0.29) is 6.42 Å². The maximum Gasteiger partial charge on any atom is 0.303 e. The van der Waals surface area contributed by atoms with Crippen molar-refractivity contribution < 1.29 is 14.6 Å². The lowest BCUT2D eigenvalue weighted by Gasteiger charge is -2.07. The van der Waals surface area contributed by atoms with Crippen molar-refractivity contribution in [3.63, 3.8) is 0 Å². The van der Waals surface area contributed by atoms with E-state index in [9.17, 15) is 4.79 Å². The van der Waals surface area contributed by atoms with Crippen LogP contribution in [-0.4, -0.2) is 18.2 Å². The minimum Gasteiger partial charge on any atom is -0.501 e. The summed E-state index contributed by atoms with van der Waals surface area (Å²) in [6.45, 7) is 4.05. The lowest BCUT2D eigenvalue weighted by Crippen LogP contribution is -1.95. The Morgan fingerprint density at radius 2 is 1.71 bits per heavy atom. The maximum absolute atomic E-state index is 10.2. The summed E-state index contributed by atoms with van der Waals surface area (Å²) in [5.41, 5.74) is 1.20. The molecule has 0 aromatic rings. The van der Waals surface area contributed by atoms with Gasteiger partial charge in [-0.2, -0.15) is 0 Å². The van der Waals surface area contributed by atoms with Gasteiger partial charge in [-0.15, -0.1) is 0 Å². The number of carbonyl (C=O) groups is 1. The highest BCUT2D eigenvalue weighted by atomic mass is 16.5. The molecule has 0 saturated carbocycles. The monoisotopic (exact) mass is 200 g/mol. The van der Waals surface area contributed by atoms with E-state index < -0.39 is 5.97 Å². The van der Waals surface area contributed by atoms with Crippen LogP contribution in [-0.2, 0) is 9.53 Å². The largest absolute Gasteiger partial charge is 0.501 e. The van der Waals surface area contributed by atoms with E-state index in [1.165, 1.54) is 5.57 Å². The second-order valence-corrected chi connectivity index (χ2v) is 3.58. The lowest BCUT2D eigenvalue weighted by molar-refractivity contribution is -0.137. The fraction of sp³-hybridized carbons (Fsp3) is 0.727. The van der Waals surface area contributed by atoms with Gasteiger partial charge in [0, 0.05) is 12.8 Å². The van der Waals surface area contributed by atoms with Gasteiger partial charge in [-0.05, 0) is 32.3 Å². The van der Waals surface area contributed by atoms with Gasteiger partial charge in [0.1, 0.15) is 0 Å². The van der Waals surface area contributed by atoms with Crippen molar-refractivity contribution in [1.82, 2.24) is 0 Å².